The van der Waals surface area contributed by atoms with Gasteiger partial charge < -0.3 is 24.5 Å². The Labute approximate surface area is 159 Å². The number of carbonyl (C=O) groups is 2. The van der Waals surface area contributed by atoms with Crippen LogP contribution >= 0.6 is 11.3 Å². The summed E-state index contributed by atoms with van der Waals surface area (Å²) in [6.45, 7) is 0.472. The molecule has 0 fully saturated rings. The van der Waals surface area contributed by atoms with Gasteiger partial charge in [0.1, 0.15) is 23.4 Å². The molecule has 9 heteroatoms. The van der Waals surface area contributed by atoms with Crippen molar-refractivity contribution in [2.45, 2.75) is 25.8 Å². The monoisotopic (exact) mass is 389 g/mol. The molecule has 2 amide bonds. The van der Waals surface area contributed by atoms with Crippen molar-refractivity contribution in [3.05, 3.63) is 40.2 Å². The molecule has 0 bridgehead atoms. The standard InChI is InChI=1S/C18H19N3O5S/c19-10-14-13-5-6-21(18(24)26-9-7-22)11-15(13)27-17(14)20-16(23)4-3-12-2-1-8-25-12/h1-2,8,22H,3-7,9,11H2,(H,20,23). The Morgan fingerprint density at radius 3 is 3.04 bits per heavy atom. The molecule has 142 valence electrons. The molecule has 0 unspecified atom stereocenters. The number of aliphatic hydroxyl groups is 1. The van der Waals surface area contributed by atoms with Gasteiger partial charge in [-0.15, -0.1) is 11.3 Å². The molecule has 0 spiro atoms. The number of rotatable bonds is 6. The topological polar surface area (TPSA) is 116 Å². The number of anilines is 1. The van der Waals surface area contributed by atoms with Crippen molar-refractivity contribution >= 4 is 28.3 Å². The van der Waals surface area contributed by atoms with E-state index in [1.54, 1.807) is 12.3 Å². The molecule has 0 radical (unpaired) electrons. The van der Waals surface area contributed by atoms with Crippen molar-refractivity contribution in [1.82, 2.24) is 4.90 Å². The van der Waals surface area contributed by atoms with Crippen LogP contribution in [0.25, 0.3) is 0 Å². The lowest BCUT2D eigenvalue weighted by Crippen LogP contribution is -2.36. The number of aryl methyl sites for hydroxylation is 1. The number of furan rings is 1. The average Bonchev–Trinajstić information content (AvgIpc) is 3.30. The van der Waals surface area contributed by atoms with Crippen molar-refractivity contribution in [1.29, 1.82) is 5.26 Å². The summed E-state index contributed by atoms with van der Waals surface area (Å²) < 4.78 is 10.2. The molecule has 27 heavy (non-hydrogen) atoms. The maximum Gasteiger partial charge on any atom is 0.410 e. The van der Waals surface area contributed by atoms with E-state index in [1.807, 2.05) is 6.07 Å². The Morgan fingerprint density at radius 1 is 1.48 bits per heavy atom. The van der Waals surface area contributed by atoms with E-state index in [9.17, 15) is 14.9 Å². The van der Waals surface area contributed by atoms with Gasteiger partial charge >= 0.3 is 6.09 Å². The summed E-state index contributed by atoms with van der Waals surface area (Å²) in [4.78, 5) is 26.6. The number of hydrogen-bond acceptors (Lipinski definition) is 7. The van der Waals surface area contributed by atoms with Crippen molar-refractivity contribution in [3.63, 3.8) is 0 Å². The Morgan fingerprint density at radius 2 is 2.33 bits per heavy atom. The van der Waals surface area contributed by atoms with E-state index in [2.05, 4.69) is 11.4 Å². The molecule has 8 nitrogen and oxygen atoms in total. The summed E-state index contributed by atoms with van der Waals surface area (Å²) in [7, 11) is 0. The number of fused-ring (bicyclic) bond motifs is 1. The van der Waals surface area contributed by atoms with Gasteiger partial charge in [-0.2, -0.15) is 5.26 Å². The van der Waals surface area contributed by atoms with Gasteiger partial charge in [0.05, 0.1) is 25.0 Å². The van der Waals surface area contributed by atoms with E-state index in [0.29, 0.717) is 36.5 Å². The highest BCUT2D eigenvalue weighted by Crippen LogP contribution is 2.36. The van der Waals surface area contributed by atoms with Crippen molar-refractivity contribution in [2.24, 2.45) is 0 Å². The van der Waals surface area contributed by atoms with Gasteiger partial charge in [-0.1, -0.05) is 0 Å². The Bertz CT molecular complexity index is 853. The minimum Gasteiger partial charge on any atom is -0.469 e. The van der Waals surface area contributed by atoms with Crippen LogP contribution in [-0.2, 0) is 28.9 Å². The summed E-state index contributed by atoms with van der Waals surface area (Å²) in [6.07, 6.45) is 2.32. The van der Waals surface area contributed by atoms with Crippen LogP contribution in [0.4, 0.5) is 9.80 Å². The molecule has 2 aromatic rings. The first-order valence-corrected chi connectivity index (χ1v) is 9.33. The number of amides is 2. The normalized spacial score (nSPS) is 13.0. The van der Waals surface area contributed by atoms with Crippen LogP contribution in [0.2, 0.25) is 0 Å². The van der Waals surface area contributed by atoms with E-state index in [1.165, 1.54) is 16.2 Å². The summed E-state index contributed by atoms with van der Waals surface area (Å²) in [5.74, 6) is 0.536. The Kier molecular flexibility index (Phi) is 6.11. The SMILES string of the molecule is N#Cc1c(NC(=O)CCc2ccco2)sc2c1CCN(C(=O)OCCO)C2. The average molecular weight is 389 g/mol. The van der Waals surface area contributed by atoms with E-state index >= 15 is 0 Å². The van der Waals surface area contributed by atoms with Crippen molar-refractivity contribution in [3.8, 4) is 6.07 Å². The molecule has 2 aromatic heterocycles. The fourth-order valence-electron chi connectivity index (χ4n) is 2.87. The maximum atomic E-state index is 12.2. The molecule has 0 aliphatic carbocycles. The minimum absolute atomic E-state index is 0.0486. The lowest BCUT2D eigenvalue weighted by molar-refractivity contribution is -0.116. The second kappa shape index (κ2) is 8.70. The molecule has 0 atom stereocenters. The summed E-state index contributed by atoms with van der Waals surface area (Å²) in [5.41, 5.74) is 1.33. The second-order valence-corrected chi connectivity index (χ2v) is 7.06. The minimum atomic E-state index is -0.495. The zero-order valence-corrected chi connectivity index (χ0v) is 15.4. The number of ether oxygens (including phenoxy) is 1. The van der Waals surface area contributed by atoms with Crippen LogP contribution in [0.15, 0.2) is 22.8 Å². The zero-order valence-electron chi connectivity index (χ0n) is 14.6. The number of hydrogen-bond donors (Lipinski definition) is 2. The highest BCUT2D eigenvalue weighted by atomic mass is 32.1. The van der Waals surface area contributed by atoms with Gasteiger partial charge in [-0.3, -0.25) is 4.79 Å². The molecule has 1 aliphatic rings. The largest absolute Gasteiger partial charge is 0.469 e. The number of thiophene rings is 1. The highest BCUT2D eigenvalue weighted by molar-refractivity contribution is 7.16. The van der Waals surface area contributed by atoms with Crippen LogP contribution < -0.4 is 5.32 Å². The molecule has 3 heterocycles. The fraction of sp³-hybridized carbons (Fsp3) is 0.389. The van der Waals surface area contributed by atoms with Gasteiger partial charge in [0, 0.05) is 24.3 Å². The molecular formula is C18H19N3O5S. The van der Waals surface area contributed by atoms with Crippen molar-refractivity contribution in [2.75, 3.05) is 25.1 Å². The zero-order chi connectivity index (χ0) is 19.2. The van der Waals surface area contributed by atoms with E-state index < -0.39 is 6.09 Å². The lowest BCUT2D eigenvalue weighted by atomic mass is 10.0. The molecule has 3 rings (SSSR count). The first-order valence-electron chi connectivity index (χ1n) is 8.51. The number of nitrogens with one attached hydrogen (secondary N) is 1. The van der Waals surface area contributed by atoms with Gasteiger partial charge in [0.15, 0.2) is 0 Å². The van der Waals surface area contributed by atoms with E-state index in [0.717, 1.165) is 16.2 Å². The Balaban J connectivity index is 1.66. The molecule has 0 saturated carbocycles. The molecule has 1 aliphatic heterocycles. The van der Waals surface area contributed by atoms with E-state index in [4.69, 9.17) is 14.3 Å². The van der Waals surface area contributed by atoms with Crippen LogP contribution in [0.3, 0.4) is 0 Å². The summed E-state index contributed by atoms with van der Waals surface area (Å²) in [5, 5.41) is 21.6. The predicted octanol–water partition coefficient (Wildman–Crippen LogP) is 2.27. The highest BCUT2D eigenvalue weighted by Gasteiger charge is 2.28. The maximum absolute atomic E-state index is 12.2. The smallest absolute Gasteiger partial charge is 0.410 e. The van der Waals surface area contributed by atoms with Crippen LogP contribution in [-0.4, -0.2) is 41.8 Å². The first kappa shape index (κ1) is 18.9. The number of carbonyl (C=O) groups excluding carboxylic acids is 2. The Hall–Kier alpha value is -2.83. The van der Waals surface area contributed by atoms with Gasteiger partial charge in [0.2, 0.25) is 5.91 Å². The third-order valence-corrected chi connectivity index (χ3v) is 5.31. The molecular weight excluding hydrogens is 370 g/mol. The number of nitrogens with zero attached hydrogens (tertiary/aromatic N) is 2. The third-order valence-electron chi connectivity index (χ3n) is 4.18. The first-order chi connectivity index (χ1) is 13.1. The molecule has 0 saturated heterocycles. The molecule has 2 N–H and O–H groups in total. The second-order valence-electron chi connectivity index (χ2n) is 5.96. The lowest BCUT2D eigenvalue weighted by Gasteiger charge is -2.26. The van der Waals surface area contributed by atoms with Gasteiger partial charge in [-0.25, -0.2) is 4.79 Å². The predicted molar refractivity (Wildman–Crippen MR) is 97.2 cm³/mol. The fourth-order valence-corrected chi connectivity index (χ4v) is 4.10. The number of aliphatic hydroxyl groups excluding tert-OH is 1. The van der Waals surface area contributed by atoms with Crippen LogP contribution in [0, 0.1) is 11.3 Å². The van der Waals surface area contributed by atoms with Crippen LogP contribution in [0.5, 0.6) is 0 Å². The third kappa shape index (κ3) is 4.48. The number of nitriles is 1. The van der Waals surface area contributed by atoms with E-state index in [-0.39, 0.29) is 25.5 Å². The van der Waals surface area contributed by atoms with Gasteiger partial charge in [-0.05, 0) is 24.1 Å². The van der Waals surface area contributed by atoms with Crippen LogP contribution in [0.1, 0.15) is 28.2 Å². The van der Waals surface area contributed by atoms with Crippen molar-refractivity contribution < 1.29 is 23.8 Å². The summed E-state index contributed by atoms with van der Waals surface area (Å²) >= 11 is 1.31. The quantitative estimate of drug-likeness (QED) is 0.783. The molecule has 0 aromatic carbocycles. The van der Waals surface area contributed by atoms with Gasteiger partial charge in [0.25, 0.3) is 0 Å². The summed E-state index contributed by atoms with van der Waals surface area (Å²) in [6, 6.07) is 5.74.